The summed E-state index contributed by atoms with van der Waals surface area (Å²) in [5, 5.41) is 1.33. The maximum Gasteiger partial charge on any atom is 0.0622 e. The summed E-state index contributed by atoms with van der Waals surface area (Å²) in [4.78, 5) is 3.97. The van der Waals surface area contributed by atoms with Crippen molar-refractivity contribution in [1.82, 2.24) is 10.4 Å². The molecule has 0 aliphatic carbocycles. The third-order valence-corrected chi connectivity index (χ3v) is 3.68. The SMILES string of the molecule is Cc1ccc(C(Cc2ccncc2Cl)NN)c(Cl)c1. The average Bonchev–Trinajstić information content (AvgIpc) is 2.39. The third-order valence-electron chi connectivity index (χ3n) is 3.01. The van der Waals surface area contributed by atoms with E-state index >= 15 is 0 Å². The van der Waals surface area contributed by atoms with Crippen LogP contribution in [0.15, 0.2) is 36.7 Å². The van der Waals surface area contributed by atoms with Crippen molar-refractivity contribution in [3.8, 4) is 0 Å². The number of nitrogens with zero attached hydrogens (tertiary/aromatic N) is 1. The molecule has 0 saturated carbocycles. The lowest BCUT2D eigenvalue weighted by molar-refractivity contribution is 0.552. The van der Waals surface area contributed by atoms with Gasteiger partial charge in [-0.05, 0) is 42.2 Å². The Balaban J connectivity index is 2.28. The monoisotopic (exact) mass is 295 g/mol. The molecule has 0 aliphatic rings. The van der Waals surface area contributed by atoms with Gasteiger partial charge in [0.05, 0.1) is 11.1 Å². The van der Waals surface area contributed by atoms with Gasteiger partial charge in [-0.25, -0.2) is 0 Å². The van der Waals surface area contributed by atoms with Gasteiger partial charge >= 0.3 is 0 Å². The zero-order valence-electron chi connectivity index (χ0n) is 10.5. The van der Waals surface area contributed by atoms with Crippen molar-refractivity contribution in [2.24, 2.45) is 5.84 Å². The number of benzene rings is 1. The van der Waals surface area contributed by atoms with E-state index in [0.29, 0.717) is 16.5 Å². The standard InChI is InChI=1S/C14H15Cl2N3/c1-9-2-3-11(12(15)6-9)14(19-17)7-10-4-5-18-8-13(10)16/h2-6,8,14,19H,7,17H2,1H3. The van der Waals surface area contributed by atoms with Crippen LogP contribution in [0, 0.1) is 6.92 Å². The van der Waals surface area contributed by atoms with Crippen LogP contribution in [-0.4, -0.2) is 4.98 Å². The summed E-state index contributed by atoms with van der Waals surface area (Å²) in [6.45, 7) is 2.00. The van der Waals surface area contributed by atoms with Gasteiger partial charge in [-0.1, -0.05) is 35.3 Å². The fraction of sp³-hybridized carbons (Fsp3) is 0.214. The molecule has 100 valence electrons. The van der Waals surface area contributed by atoms with E-state index in [2.05, 4.69) is 10.4 Å². The average molecular weight is 296 g/mol. The number of aryl methyl sites for hydroxylation is 1. The predicted molar refractivity (Wildman–Crippen MR) is 79.2 cm³/mol. The van der Waals surface area contributed by atoms with Crippen molar-refractivity contribution in [2.45, 2.75) is 19.4 Å². The molecule has 0 radical (unpaired) electrons. The molecule has 3 N–H and O–H groups in total. The number of hydrogen-bond acceptors (Lipinski definition) is 3. The zero-order valence-corrected chi connectivity index (χ0v) is 12.0. The van der Waals surface area contributed by atoms with Crippen LogP contribution in [0.5, 0.6) is 0 Å². The lowest BCUT2D eigenvalue weighted by Crippen LogP contribution is -2.29. The third kappa shape index (κ3) is 3.45. The van der Waals surface area contributed by atoms with Crippen molar-refractivity contribution in [1.29, 1.82) is 0 Å². The van der Waals surface area contributed by atoms with E-state index in [4.69, 9.17) is 29.0 Å². The van der Waals surface area contributed by atoms with Gasteiger partial charge in [0.2, 0.25) is 0 Å². The molecule has 1 aromatic heterocycles. The number of hydrogen-bond donors (Lipinski definition) is 2. The van der Waals surface area contributed by atoms with E-state index in [1.807, 2.05) is 31.2 Å². The number of hydrazine groups is 1. The second kappa shape index (κ2) is 6.35. The van der Waals surface area contributed by atoms with Crippen LogP contribution in [-0.2, 0) is 6.42 Å². The Morgan fingerprint density at radius 1 is 1.26 bits per heavy atom. The van der Waals surface area contributed by atoms with Crippen LogP contribution in [0.25, 0.3) is 0 Å². The second-order valence-electron chi connectivity index (χ2n) is 4.42. The van der Waals surface area contributed by atoms with E-state index in [-0.39, 0.29) is 6.04 Å². The largest absolute Gasteiger partial charge is 0.271 e. The van der Waals surface area contributed by atoms with Crippen LogP contribution in [0.4, 0.5) is 0 Å². The second-order valence-corrected chi connectivity index (χ2v) is 5.23. The van der Waals surface area contributed by atoms with Crippen molar-refractivity contribution >= 4 is 23.2 Å². The van der Waals surface area contributed by atoms with Crippen LogP contribution < -0.4 is 11.3 Å². The number of nitrogens with one attached hydrogen (secondary N) is 1. The minimum Gasteiger partial charge on any atom is -0.271 e. The molecule has 19 heavy (non-hydrogen) atoms. The Hall–Kier alpha value is -1.13. The Bertz CT molecular complexity index is 572. The Labute approximate surface area is 122 Å². The summed E-state index contributed by atoms with van der Waals surface area (Å²) in [6, 6.07) is 7.72. The Morgan fingerprint density at radius 2 is 2.05 bits per heavy atom. The molecular formula is C14H15Cl2N3. The number of nitrogens with two attached hydrogens (primary N) is 1. The predicted octanol–water partition coefficient (Wildman–Crippen LogP) is 3.44. The zero-order chi connectivity index (χ0) is 13.8. The molecule has 0 fully saturated rings. The van der Waals surface area contributed by atoms with Gasteiger partial charge in [-0.3, -0.25) is 16.3 Å². The highest BCUT2D eigenvalue weighted by molar-refractivity contribution is 6.31. The lowest BCUT2D eigenvalue weighted by Gasteiger charge is -2.18. The van der Waals surface area contributed by atoms with Crippen molar-refractivity contribution in [3.05, 3.63) is 63.4 Å². The first-order chi connectivity index (χ1) is 9.11. The minimum atomic E-state index is -0.0898. The van der Waals surface area contributed by atoms with Gasteiger partial charge in [0.25, 0.3) is 0 Å². The van der Waals surface area contributed by atoms with Gasteiger partial charge in [-0.15, -0.1) is 0 Å². The van der Waals surface area contributed by atoms with Crippen LogP contribution >= 0.6 is 23.2 Å². The molecule has 3 nitrogen and oxygen atoms in total. The van der Waals surface area contributed by atoms with E-state index in [1.54, 1.807) is 12.4 Å². The van der Waals surface area contributed by atoms with E-state index in [9.17, 15) is 0 Å². The fourth-order valence-electron chi connectivity index (χ4n) is 1.96. The molecule has 1 unspecified atom stereocenters. The molecule has 0 spiro atoms. The van der Waals surface area contributed by atoms with Crippen LogP contribution in [0.3, 0.4) is 0 Å². The van der Waals surface area contributed by atoms with E-state index < -0.39 is 0 Å². The summed E-state index contributed by atoms with van der Waals surface area (Å²) in [6.07, 6.45) is 3.99. The molecule has 1 heterocycles. The van der Waals surface area contributed by atoms with Gasteiger partial charge in [0, 0.05) is 17.4 Å². The topological polar surface area (TPSA) is 50.9 Å². The lowest BCUT2D eigenvalue weighted by atomic mass is 9.99. The summed E-state index contributed by atoms with van der Waals surface area (Å²) in [5.74, 6) is 5.64. The molecule has 0 amide bonds. The number of pyridine rings is 1. The number of halogens is 2. The first-order valence-corrected chi connectivity index (χ1v) is 6.68. The molecule has 1 aromatic carbocycles. The Kier molecular flexibility index (Phi) is 4.77. The molecular weight excluding hydrogens is 281 g/mol. The summed E-state index contributed by atoms with van der Waals surface area (Å²) >= 11 is 12.4. The highest BCUT2D eigenvalue weighted by Gasteiger charge is 2.15. The molecule has 2 rings (SSSR count). The van der Waals surface area contributed by atoms with Gasteiger partial charge in [0.15, 0.2) is 0 Å². The van der Waals surface area contributed by atoms with Crippen molar-refractivity contribution < 1.29 is 0 Å². The number of rotatable bonds is 4. The maximum atomic E-state index is 6.27. The molecule has 0 bridgehead atoms. The fourth-order valence-corrected chi connectivity index (χ4v) is 2.53. The quantitative estimate of drug-likeness (QED) is 0.671. The maximum absolute atomic E-state index is 6.27. The highest BCUT2D eigenvalue weighted by atomic mass is 35.5. The highest BCUT2D eigenvalue weighted by Crippen LogP contribution is 2.28. The van der Waals surface area contributed by atoms with E-state index in [1.165, 1.54) is 0 Å². The molecule has 2 aromatic rings. The first kappa shape index (κ1) is 14.3. The van der Waals surface area contributed by atoms with Crippen LogP contribution in [0.1, 0.15) is 22.7 Å². The van der Waals surface area contributed by atoms with Crippen LogP contribution in [0.2, 0.25) is 10.0 Å². The molecule has 1 atom stereocenters. The smallest absolute Gasteiger partial charge is 0.0622 e. The van der Waals surface area contributed by atoms with Crippen molar-refractivity contribution in [2.75, 3.05) is 0 Å². The molecule has 5 heteroatoms. The summed E-state index contributed by atoms with van der Waals surface area (Å²) in [5.41, 5.74) is 5.85. The van der Waals surface area contributed by atoms with Crippen molar-refractivity contribution in [3.63, 3.8) is 0 Å². The normalized spacial score (nSPS) is 12.4. The number of aromatic nitrogens is 1. The minimum absolute atomic E-state index is 0.0898. The molecule has 0 saturated heterocycles. The Morgan fingerprint density at radius 3 is 2.68 bits per heavy atom. The van der Waals surface area contributed by atoms with Gasteiger partial charge < -0.3 is 0 Å². The van der Waals surface area contributed by atoms with Gasteiger partial charge in [0.1, 0.15) is 0 Å². The summed E-state index contributed by atoms with van der Waals surface area (Å²) in [7, 11) is 0. The molecule has 0 aliphatic heterocycles. The summed E-state index contributed by atoms with van der Waals surface area (Å²) < 4.78 is 0. The van der Waals surface area contributed by atoms with E-state index in [0.717, 1.165) is 16.7 Å². The first-order valence-electron chi connectivity index (χ1n) is 5.92. The van der Waals surface area contributed by atoms with Gasteiger partial charge in [-0.2, -0.15) is 0 Å².